The number of ether oxygens (including phenoxy) is 1. The molecule has 0 aliphatic carbocycles. The third kappa shape index (κ3) is 4.30. The van der Waals surface area contributed by atoms with Crippen molar-refractivity contribution in [1.29, 1.82) is 0 Å². The third-order valence-electron chi connectivity index (χ3n) is 4.10. The van der Waals surface area contributed by atoms with Crippen molar-refractivity contribution in [2.45, 2.75) is 12.3 Å². The van der Waals surface area contributed by atoms with Crippen molar-refractivity contribution >= 4 is 17.6 Å². The number of rotatable bonds is 7. The summed E-state index contributed by atoms with van der Waals surface area (Å²) in [5, 5.41) is 5.98. The number of likely N-dealkylation sites (N-methyl/N-ethyl adjacent to an activating group) is 1. The largest absolute Gasteiger partial charge is 0.381 e. The Bertz CT molecular complexity index is 709. The van der Waals surface area contributed by atoms with Crippen LogP contribution in [0.3, 0.4) is 0 Å². The Morgan fingerprint density at radius 1 is 1.36 bits per heavy atom. The maximum absolute atomic E-state index is 13.4. The first-order valence-corrected chi connectivity index (χ1v) is 8.22. The first kappa shape index (κ1) is 17.3. The molecule has 3 heterocycles. The minimum Gasteiger partial charge on any atom is -0.381 e. The predicted molar refractivity (Wildman–Crippen MR) is 93.5 cm³/mol. The van der Waals surface area contributed by atoms with Crippen LogP contribution < -0.4 is 15.5 Å². The van der Waals surface area contributed by atoms with Crippen molar-refractivity contribution in [3.8, 4) is 0 Å². The fourth-order valence-corrected chi connectivity index (χ4v) is 2.63. The highest BCUT2D eigenvalue weighted by molar-refractivity contribution is 5.42. The first-order chi connectivity index (χ1) is 12.2. The molecule has 0 unspecified atom stereocenters. The Kier molecular flexibility index (Phi) is 5.54. The van der Waals surface area contributed by atoms with E-state index < -0.39 is 5.82 Å². The van der Waals surface area contributed by atoms with Gasteiger partial charge >= 0.3 is 0 Å². The number of hydrogen-bond acceptors (Lipinski definition) is 8. The molecule has 8 nitrogen and oxygen atoms in total. The highest BCUT2D eigenvalue weighted by Gasteiger charge is 2.19. The van der Waals surface area contributed by atoms with Gasteiger partial charge in [0.2, 0.25) is 5.95 Å². The van der Waals surface area contributed by atoms with Crippen LogP contribution in [0.5, 0.6) is 0 Å². The molecular formula is C16H22FN7O. The van der Waals surface area contributed by atoms with Crippen molar-refractivity contribution in [2.24, 2.45) is 0 Å². The second kappa shape index (κ2) is 8.02. The number of nitrogens with zero attached hydrogens (tertiary/aromatic N) is 5. The van der Waals surface area contributed by atoms with Crippen LogP contribution in [0.2, 0.25) is 0 Å². The smallest absolute Gasteiger partial charge is 0.227 e. The van der Waals surface area contributed by atoms with Crippen molar-refractivity contribution in [1.82, 2.24) is 19.9 Å². The van der Waals surface area contributed by atoms with Crippen LogP contribution in [0.25, 0.3) is 0 Å². The maximum Gasteiger partial charge on any atom is 0.227 e. The second-order valence-electron chi connectivity index (χ2n) is 5.85. The second-order valence-corrected chi connectivity index (χ2v) is 5.85. The van der Waals surface area contributed by atoms with E-state index in [2.05, 4.69) is 30.6 Å². The summed E-state index contributed by atoms with van der Waals surface area (Å²) in [5.74, 6) is 1.30. The van der Waals surface area contributed by atoms with Gasteiger partial charge in [-0.15, -0.1) is 0 Å². The average Bonchev–Trinajstić information content (AvgIpc) is 3.17. The Morgan fingerprint density at radius 3 is 3.00 bits per heavy atom. The van der Waals surface area contributed by atoms with Crippen LogP contribution in [-0.2, 0) is 4.74 Å². The molecule has 1 saturated heterocycles. The topological polar surface area (TPSA) is 88.1 Å². The Hall–Kier alpha value is -2.55. The lowest BCUT2D eigenvalue weighted by Crippen LogP contribution is -2.27. The quantitative estimate of drug-likeness (QED) is 0.779. The van der Waals surface area contributed by atoms with Crippen LogP contribution in [-0.4, -0.2) is 60.3 Å². The summed E-state index contributed by atoms with van der Waals surface area (Å²) in [7, 11) is 3.48. The fraction of sp³-hybridized carbons (Fsp3) is 0.500. The number of anilines is 3. The van der Waals surface area contributed by atoms with E-state index >= 15 is 0 Å². The molecule has 1 aliphatic rings. The molecule has 2 aromatic heterocycles. The molecule has 9 heteroatoms. The summed E-state index contributed by atoms with van der Waals surface area (Å²) in [6, 6.07) is 1.97. The van der Waals surface area contributed by atoms with Crippen molar-refractivity contribution in [3.63, 3.8) is 0 Å². The van der Waals surface area contributed by atoms with Crippen LogP contribution in [0.15, 0.2) is 18.6 Å². The number of aromatic nitrogens is 4. The lowest BCUT2D eigenvalue weighted by molar-refractivity contribution is 0.193. The molecule has 0 bridgehead atoms. The molecule has 25 heavy (non-hydrogen) atoms. The number of hydrogen-bond donors (Lipinski definition) is 2. The zero-order valence-electron chi connectivity index (χ0n) is 14.4. The van der Waals surface area contributed by atoms with Gasteiger partial charge in [0.15, 0.2) is 11.6 Å². The lowest BCUT2D eigenvalue weighted by atomic mass is 10.1. The van der Waals surface area contributed by atoms with Gasteiger partial charge in [-0.2, -0.15) is 4.98 Å². The van der Waals surface area contributed by atoms with Gasteiger partial charge in [-0.05, 0) is 6.42 Å². The highest BCUT2D eigenvalue weighted by Crippen LogP contribution is 2.24. The van der Waals surface area contributed by atoms with Crippen LogP contribution in [0.4, 0.5) is 22.0 Å². The molecule has 2 aromatic rings. The van der Waals surface area contributed by atoms with E-state index in [0.717, 1.165) is 31.1 Å². The summed E-state index contributed by atoms with van der Waals surface area (Å²) >= 11 is 0. The van der Waals surface area contributed by atoms with Crippen molar-refractivity contribution < 1.29 is 9.13 Å². The molecule has 134 valence electrons. The SMILES string of the molecule is CNc1nc(N(C)CCNc2cc([C@@H]3CCOC3)ncn2)ncc1F. The first-order valence-electron chi connectivity index (χ1n) is 8.22. The van der Waals surface area contributed by atoms with Gasteiger partial charge in [0, 0.05) is 45.8 Å². The monoisotopic (exact) mass is 347 g/mol. The molecule has 0 radical (unpaired) electrons. The predicted octanol–water partition coefficient (Wildman–Crippen LogP) is 1.50. The van der Waals surface area contributed by atoms with E-state index in [1.807, 2.05) is 18.0 Å². The van der Waals surface area contributed by atoms with E-state index in [9.17, 15) is 4.39 Å². The fourth-order valence-electron chi connectivity index (χ4n) is 2.63. The van der Waals surface area contributed by atoms with E-state index in [4.69, 9.17) is 4.74 Å². The van der Waals surface area contributed by atoms with Gasteiger partial charge in [-0.3, -0.25) is 0 Å². The van der Waals surface area contributed by atoms with Crippen molar-refractivity contribution in [3.05, 3.63) is 30.1 Å². The minimum absolute atomic E-state index is 0.184. The molecule has 0 spiro atoms. The molecule has 1 aliphatic heterocycles. The Labute approximate surface area is 145 Å². The van der Waals surface area contributed by atoms with Gasteiger partial charge in [0.25, 0.3) is 0 Å². The maximum atomic E-state index is 13.4. The molecule has 3 rings (SSSR count). The van der Waals surface area contributed by atoms with E-state index in [1.165, 1.54) is 6.20 Å². The van der Waals surface area contributed by atoms with E-state index in [-0.39, 0.29) is 5.82 Å². The number of nitrogens with one attached hydrogen (secondary N) is 2. The molecule has 0 aromatic carbocycles. The van der Waals surface area contributed by atoms with Gasteiger partial charge in [0.1, 0.15) is 12.1 Å². The zero-order valence-corrected chi connectivity index (χ0v) is 14.4. The van der Waals surface area contributed by atoms with Gasteiger partial charge in [0.05, 0.1) is 18.5 Å². The summed E-state index contributed by atoms with van der Waals surface area (Å²) in [5.41, 5.74) is 1.00. The third-order valence-corrected chi connectivity index (χ3v) is 4.10. The van der Waals surface area contributed by atoms with Crippen LogP contribution in [0, 0.1) is 5.82 Å². The molecular weight excluding hydrogens is 325 g/mol. The van der Waals surface area contributed by atoms with Crippen molar-refractivity contribution in [2.75, 3.05) is 55.9 Å². The average molecular weight is 347 g/mol. The summed E-state index contributed by atoms with van der Waals surface area (Å²) < 4.78 is 18.8. The minimum atomic E-state index is -0.470. The van der Waals surface area contributed by atoms with Gasteiger partial charge in [-0.25, -0.2) is 19.3 Å². The highest BCUT2D eigenvalue weighted by atomic mass is 19.1. The standard InChI is InChI=1S/C16H22FN7O/c1-18-15-12(17)8-20-16(23-15)24(2)5-4-19-14-7-13(21-10-22-14)11-3-6-25-9-11/h7-8,10-11H,3-6,9H2,1-2H3,(H,18,20,23)(H,19,21,22)/t11-/m1/s1. The summed E-state index contributed by atoms with van der Waals surface area (Å²) in [6.07, 6.45) is 3.73. The summed E-state index contributed by atoms with van der Waals surface area (Å²) in [6.45, 7) is 2.79. The summed E-state index contributed by atoms with van der Waals surface area (Å²) in [4.78, 5) is 18.6. The molecule has 0 amide bonds. The molecule has 2 N–H and O–H groups in total. The lowest BCUT2D eigenvalue weighted by Gasteiger charge is -2.18. The molecule has 0 saturated carbocycles. The van der Waals surface area contributed by atoms with E-state index in [0.29, 0.717) is 25.0 Å². The number of halogens is 1. The zero-order chi connectivity index (χ0) is 17.6. The van der Waals surface area contributed by atoms with Crippen LogP contribution >= 0.6 is 0 Å². The molecule has 1 fully saturated rings. The Morgan fingerprint density at radius 2 is 2.24 bits per heavy atom. The molecule has 1 atom stereocenters. The normalized spacial score (nSPS) is 16.7. The van der Waals surface area contributed by atoms with Gasteiger partial charge in [-0.1, -0.05) is 0 Å². The van der Waals surface area contributed by atoms with Gasteiger partial charge < -0.3 is 20.3 Å². The van der Waals surface area contributed by atoms with E-state index in [1.54, 1.807) is 13.4 Å². The van der Waals surface area contributed by atoms with Crippen LogP contribution in [0.1, 0.15) is 18.0 Å². The Balaban J connectivity index is 1.54.